The first-order valence-corrected chi connectivity index (χ1v) is 10.4. The third-order valence-corrected chi connectivity index (χ3v) is 6.32. The maximum absolute atomic E-state index is 12.1. The molecule has 7 heteroatoms. The largest absolute Gasteiger partial charge is 0.368 e. The summed E-state index contributed by atoms with van der Waals surface area (Å²) in [4.78, 5) is 22.3. The number of nitrogens with two attached hydrogens (primary N) is 1. The first-order chi connectivity index (χ1) is 13.6. The molecule has 0 saturated carbocycles. The highest BCUT2D eigenvalue weighted by molar-refractivity contribution is 7.18. The minimum Gasteiger partial charge on any atom is -0.368 e. The summed E-state index contributed by atoms with van der Waals surface area (Å²) in [7, 11) is 0. The Labute approximate surface area is 173 Å². The van der Waals surface area contributed by atoms with Gasteiger partial charge in [0.1, 0.15) is 6.04 Å². The molecule has 2 N–H and O–H groups in total. The fourth-order valence-corrected chi connectivity index (χ4v) is 4.62. The minimum absolute atomic E-state index is 0.337. The topological polar surface area (TPSA) is 62.5 Å². The summed E-state index contributed by atoms with van der Waals surface area (Å²) in [6.07, 6.45) is 1.93. The van der Waals surface area contributed by atoms with Gasteiger partial charge in [-0.1, -0.05) is 65.4 Å². The molecule has 1 aliphatic rings. The van der Waals surface area contributed by atoms with Gasteiger partial charge in [-0.2, -0.15) is 0 Å². The van der Waals surface area contributed by atoms with Gasteiger partial charge in [0.05, 0.1) is 4.88 Å². The number of hydrogen-bond donors (Lipinski definition) is 1. The fourth-order valence-electron chi connectivity index (χ4n) is 3.52. The zero-order chi connectivity index (χ0) is 19.5. The summed E-state index contributed by atoms with van der Waals surface area (Å²) in [5.74, 6) is -0.337. The van der Waals surface area contributed by atoms with Crippen LogP contribution in [0.4, 0.5) is 5.13 Å². The van der Waals surface area contributed by atoms with Crippen LogP contribution in [-0.4, -0.2) is 42.0 Å². The Balaban J connectivity index is 1.44. The van der Waals surface area contributed by atoms with Crippen LogP contribution in [0.15, 0.2) is 60.8 Å². The lowest BCUT2D eigenvalue weighted by Crippen LogP contribution is -2.50. The van der Waals surface area contributed by atoms with Gasteiger partial charge in [0.2, 0.25) is 5.91 Å². The van der Waals surface area contributed by atoms with Crippen molar-refractivity contribution in [3.05, 3.63) is 71.4 Å². The summed E-state index contributed by atoms with van der Waals surface area (Å²) >= 11 is 7.67. The number of nitrogens with zero attached hydrogens (tertiary/aromatic N) is 3. The molecular weight excluding hydrogens is 392 g/mol. The molecule has 1 saturated heterocycles. The molecule has 5 nitrogen and oxygen atoms in total. The maximum Gasteiger partial charge on any atom is 0.239 e. The van der Waals surface area contributed by atoms with Gasteiger partial charge >= 0.3 is 0 Å². The highest BCUT2D eigenvalue weighted by atomic mass is 35.5. The number of piperazine rings is 1. The number of rotatable bonds is 5. The maximum atomic E-state index is 12.1. The predicted octanol–water partition coefficient (Wildman–Crippen LogP) is 3.81. The second kappa shape index (κ2) is 8.31. The first-order valence-electron chi connectivity index (χ1n) is 9.17. The summed E-state index contributed by atoms with van der Waals surface area (Å²) in [5.41, 5.74) is 7.78. The van der Waals surface area contributed by atoms with E-state index in [1.165, 1.54) is 5.56 Å². The van der Waals surface area contributed by atoms with Gasteiger partial charge in [-0.15, -0.1) is 0 Å². The highest BCUT2D eigenvalue weighted by Gasteiger charge is 2.29. The van der Waals surface area contributed by atoms with Crippen molar-refractivity contribution in [1.82, 2.24) is 9.88 Å². The van der Waals surface area contributed by atoms with Crippen molar-refractivity contribution in [2.24, 2.45) is 5.73 Å². The van der Waals surface area contributed by atoms with Gasteiger partial charge in [0, 0.05) is 37.4 Å². The summed E-state index contributed by atoms with van der Waals surface area (Å²) in [5, 5.41) is 1.66. The predicted molar refractivity (Wildman–Crippen MR) is 115 cm³/mol. The molecule has 1 amide bonds. The zero-order valence-corrected chi connectivity index (χ0v) is 16.9. The Kier molecular flexibility index (Phi) is 5.62. The van der Waals surface area contributed by atoms with Crippen molar-refractivity contribution >= 4 is 34.0 Å². The van der Waals surface area contributed by atoms with E-state index in [-0.39, 0.29) is 5.91 Å². The van der Waals surface area contributed by atoms with E-state index >= 15 is 0 Å². The molecule has 28 heavy (non-hydrogen) atoms. The molecule has 0 bridgehead atoms. The SMILES string of the molecule is NC(=O)C(c1ccc(Cl)cc1)N1CCN(c2ncc(-c3ccccc3)s2)CC1. The lowest BCUT2D eigenvalue weighted by Gasteiger charge is -2.38. The lowest BCUT2D eigenvalue weighted by atomic mass is 10.0. The number of thiazole rings is 1. The van der Waals surface area contributed by atoms with Crippen LogP contribution >= 0.6 is 22.9 Å². The van der Waals surface area contributed by atoms with Crippen LogP contribution in [0, 0.1) is 0 Å². The standard InChI is InChI=1S/C21H21ClN4OS/c22-17-8-6-16(7-9-17)19(20(23)27)25-10-12-26(13-11-25)21-24-14-18(28-21)15-4-2-1-3-5-15/h1-9,14,19H,10-13H2,(H2,23,27). The molecule has 1 aliphatic heterocycles. The van der Waals surface area contributed by atoms with Crippen molar-refractivity contribution in [3.63, 3.8) is 0 Å². The van der Waals surface area contributed by atoms with Crippen LogP contribution in [0.5, 0.6) is 0 Å². The number of amides is 1. The van der Waals surface area contributed by atoms with E-state index in [0.29, 0.717) is 5.02 Å². The molecule has 1 fully saturated rings. The Morgan fingerprint density at radius 2 is 1.71 bits per heavy atom. The Morgan fingerprint density at radius 1 is 1.04 bits per heavy atom. The number of benzene rings is 2. The van der Waals surface area contributed by atoms with Gasteiger partial charge in [-0.3, -0.25) is 9.69 Å². The van der Waals surface area contributed by atoms with Gasteiger partial charge in [-0.05, 0) is 23.3 Å². The van der Waals surface area contributed by atoms with Crippen LogP contribution in [0.2, 0.25) is 5.02 Å². The summed E-state index contributed by atoms with van der Waals surface area (Å²) in [6.45, 7) is 3.10. The fraction of sp³-hybridized carbons (Fsp3) is 0.238. The normalized spacial score (nSPS) is 16.1. The Morgan fingerprint density at radius 3 is 2.36 bits per heavy atom. The number of anilines is 1. The van der Waals surface area contributed by atoms with Crippen molar-refractivity contribution in [2.45, 2.75) is 6.04 Å². The number of carbonyl (C=O) groups excluding carboxylic acids is 1. The Bertz CT molecular complexity index is 937. The average molecular weight is 413 g/mol. The minimum atomic E-state index is -0.435. The van der Waals surface area contributed by atoms with Crippen LogP contribution < -0.4 is 10.6 Å². The molecule has 2 aromatic carbocycles. The van der Waals surface area contributed by atoms with Crippen molar-refractivity contribution in [2.75, 3.05) is 31.1 Å². The quantitative estimate of drug-likeness (QED) is 0.692. The van der Waals surface area contributed by atoms with Gasteiger partial charge < -0.3 is 10.6 Å². The zero-order valence-electron chi connectivity index (χ0n) is 15.3. The second-order valence-corrected chi connectivity index (χ2v) is 8.20. The molecule has 0 aliphatic carbocycles. The van der Waals surface area contributed by atoms with E-state index < -0.39 is 6.04 Å². The van der Waals surface area contributed by atoms with Gasteiger partial charge in [0.15, 0.2) is 5.13 Å². The van der Waals surface area contributed by atoms with E-state index in [1.54, 1.807) is 23.5 Å². The van der Waals surface area contributed by atoms with Crippen LogP contribution in [-0.2, 0) is 4.79 Å². The lowest BCUT2D eigenvalue weighted by molar-refractivity contribution is -0.123. The molecule has 1 atom stereocenters. The molecule has 0 spiro atoms. The van der Waals surface area contributed by atoms with E-state index in [0.717, 1.165) is 41.8 Å². The van der Waals surface area contributed by atoms with Crippen LogP contribution in [0.25, 0.3) is 10.4 Å². The molecular formula is C21H21ClN4OS. The number of halogens is 1. The third kappa shape index (κ3) is 4.04. The molecule has 1 unspecified atom stereocenters. The summed E-state index contributed by atoms with van der Waals surface area (Å²) in [6, 6.07) is 17.2. The van der Waals surface area contributed by atoms with Crippen LogP contribution in [0.1, 0.15) is 11.6 Å². The smallest absolute Gasteiger partial charge is 0.239 e. The average Bonchev–Trinajstić information content (AvgIpc) is 3.21. The van der Waals surface area contributed by atoms with Crippen molar-refractivity contribution in [1.29, 1.82) is 0 Å². The van der Waals surface area contributed by atoms with E-state index in [4.69, 9.17) is 17.3 Å². The van der Waals surface area contributed by atoms with E-state index in [2.05, 4.69) is 26.9 Å². The van der Waals surface area contributed by atoms with E-state index in [9.17, 15) is 4.79 Å². The number of hydrogen-bond acceptors (Lipinski definition) is 5. The third-order valence-electron chi connectivity index (χ3n) is 4.96. The molecule has 3 aromatic rings. The number of aromatic nitrogens is 1. The molecule has 4 rings (SSSR count). The van der Waals surface area contributed by atoms with Crippen LogP contribution in [0.3, 0.4) is 0 Å². The molecule has 0 radical (unpaired) electrons. The second-order valence-electron chi connectivity index (χ2n) is 6.75. The number of carbonyl (C=O) groups is 1. The Hall–Kier alpha value is -2.41. The number of primary amides is 1. The van der Waals surface area contributed by atoms with Gasteiger partial charge in [0.25, 0.3) is 0 Å². The monoisotopic (exact) mass is 412 g/mol. The summed E-state index contributed by atoms with van der Waals surface area (Å²) < 4.78 is 0. The van der Waals surface area contributed by atoms with Crippen molar-refractivity contribution in [3.8, 4) is 10.4 Å². The molecule has 2 heterocycles. The first kappa shape index (κ1) is 18.9. The van der Waals surface area contributed by atoms with E-state index in [1.807, 2.05) is 36.5 Å². The highest BCUT2D eigenvalue weighted by Crippen LogP contribution is 2.32. The van der Waals surface area contributed by atoms with Crippen molar-refractivity contribution < 1.29 is 4.79 Å². The molecule has 1 aromatic heterocycles. The molecule has 144 valence electrons. The van der Waals surface area contributed by atoms with Gasteiger partial charge in [-0.25, -0.2) is 4.98 Å².